The number of aromatic nitrogens is 2. The Morgan fingerprint density at radius 3 is 2.79 bits per heavy atom. The van der Waals surface area contributed by atoms with Crippen molar-refractivity contribution in [2.75, 3.05) is 32.9 Å². The topological polar surface area (TPSA) is 85.8 Å². The molecule has 2 fully saturated rings. The number of amides is 2. The molecule has 1 aromatic rings. The fourth-order valence-corrected chi connectivity index (χ4v) is 2.97. The summed E-state index contributed by atoms with van der Waals surface area (Å²) in [5, 5.41) is 3.02. The van der Waals surface area contributed by atoms with Crippen molar-refractivity contribution < 1.29 is 19.0 Å². The molecule has 2 aliphatic rings. The van der Waals surface area contributed by atoms with E-state index in [9.17, 15) is 4.79 Å². The summed E-state index contributed by atoms with van der Waals surface area (Å²) in [6.45, 7) is 4.89. The average Bonchev–Trinajstić information content (AvgIpc) is 3.04. The van der Waals surface area contributed by atoms with Gasteiger partial charge in [-0.25, -0.2) is 14.8 Å². The molecule has 3 rings (SSSR count). The normalized spacial score (nSPS) is 24.8. The molecular weight excluding hydrogens is 312 g/mol. The SMILES string of the molecule is CCO[C@H]1COC[C@@H]1NC(=O)N1CCC(Oc2ncccn2)CC1. The molecule has 2 amide bonds. The number of nitrogens with zero attached hydrogens (tertiary/aromatic N) is 3. The Balaban J connectivity index is 1.43. The fraction of sp³-hybridized carbons (Fsp3) is 0.688. The zero-order valence-electron chi connectivity index (χ0n) is 13.9. The monoisotopic (exact) mass is 336 g/mol. The van der Waals surface area contributed by atoms with Crippen molar-refractivity contribution in [3.05, 3.63) is 18.5 Å². The van der Waals surface area contributed by atoms with Crippen molar-refractivity contribution in [2.24, 2.45) is 0 Å². The average molecular weight is 336 g/mol. The summed E-state index contributed by atoms with van der Waals surface area (Å²) in [5.74, 6) is 0. The standard InChI is InChI=1S/C16H24N4O4/c1-2-23-14-11-22-10-13(14)19-16(21)20-8-4-12(5-9-20)24-15-17-6-3-7-18-15/h3,6-7,12-14H,2,4-5,8-11H2,1H3,(H,19,21)/t13-,14-/m0/s1. The number of hydrogen-bond acceptors (Lipinski definition) is 6. The van der Waals surface area contributed by atoms with Gasteiger partial charge in [-0.2, -0.15) is 0 Å². The number of carbonyl (C=O) groups is 1. The van der Waals surface area contributed by atoms with Crippen molar-refractivity contribution in [3.63, 3.8) is 0 Å². The van der Waals surface area contributed by atoms with E-state index < -0.39 is 0 Å². The molecule has 0 unspecified atom stereocenters. The largest absolute Gasteiger partial charge is 0.460 e. The number of ether oxygens (including phenoxy) is 3. The van der Waals surface area contributed by atoms with E-state index in [1.54, 1.807) is 18.5 Å². The van der Waals surface area contributed by atoms with Crippen LogP contribution in [0.5, 0.6) is 6.01 Å². The van der Waals surface area contributed by atoms with Gasteiger partial charge in [0.25, 0.3) is 0 Å². The molecule has 24 heavy (non-hydrogen) atoms. The summed E-state index contributed by atoms with van der Waals surface area (Å²) in [6, 6.07) is 2.00. The van der Waals surface area contributed by atoms with Gasteiger partial charge in [-0.15, -0.1) is 0 Å². The smallest absolute Gasteiger partial charge is 0.317 e. The molecule has 2 atom stereocenters. The molecule has 0 saturated carbocycles. The highest BCUT2D eigenvalue weighted by Gasteiger charge is 2.32. The van der Waals surface area contributed by atoms with Gasteiger partial charge in [0, 0.05) is 44.9 Å². The predicted octanol–water partition coefficient (Wildman–Crippen LogP) is 0.833. The molecule has 3 heterocycles. The molecule has 8 nitrogen and oxygen atoms in total. The second-order valence-corrected chi connectivity index (χ2v) is 5.92. The van der Waals surface area contributed by atoms with E-state index >= 15 is 0 Å². The highest BCUT2D eigenvalue weighted by molar-refractivity contribution is 5.74. The molecule has 0 spiro atoms. The van der Waals surface area contributed by atoms with Gasteiger partial charge in [0.05, 0.1) is 19.3 Å². The zero-order valence-corrected chi connectivity index (χ0v) is 13.9. The van der Waals surface area contributed by atoms with Gasteiger partial charge in [-0.3, -0.25) is 0 Å². The van der Waals surface area contributed by atoms with Crippen LogP contribution in [0.15, 0.2) is 18.5 Å². The van der Waals surface area contributed by atoms with Crippen LogP contribution in [-0.2, 0) is 9.47 Å². The van der Waals surface area contributed by atoms with Crippen LogP contribution in [0.1, 0.15) is 19.8 Å². The lowest BCUT2D eigenvalue weighted by Crippen LogP contribution is -2.52. The number of nitrogens with one attached hydrogen (secondary N) is 1. The molecule has 0 radical (unpaired) electrons. The lowest BCUT2D eigenvalue weighted by molar-refractivity contribution is 0.0410. The van der Waals surface area contributed by atoms with Crippen LogP contribution in [0.25, 0.3) is 0 Å². The summed E-state index contributed by atoms with van der Waals surface area (Å²) < 4.78 is 16.7. The summed E-state index contributed by atoms with van der Waals surface area (Å²) in [4.78, 5) is 22.4. The molecule has 0 aliphatic carbocycles. The maximum Gasteiger partial charge on any atom is 0.317 e. The lowest BCUT2D eigenvalue weighted by atomic mass is 10.1. The molecule has 2 aliphatic heterocycles. The Morgan fingerprint density at radius 2 is 2.08 bits per heavy atom. The molecule has 0 bridgehead atoms. The minimum absolute atomic E-state index is 0.0439. The maximum absolute atomic E-state index is 12.4. The molecule has 1 N–H and O–H groups in total. The van der Waals surface area contributed by atoms with Crippen LogP contribution in [0, 0.1) is 0 Å². The van der Waals surface area contributed by atoms with Gasteiger partial charge in [-0.05, 0) is 13.0 Å². The highest BCUT2D eigenvalue weighted by Crippen LogP contribution is 2.16. The molecule has 2 saturated heterocycles. The quantitative estimate of drug-likeness (QED) is 0.857. The Bertz CT molecular complexity index is 522. The summed E-state index contributed by atoms with van der Waals surface area (Å²) in [6.07, 6.45) is 4.83. The molecule has 132 valence electrons. The van der Waals surface area contributed by atoms with Crippen LogP contribution < -0.4 is 10.1 Å². The third-order valence-corrected chi connectivity index (χ3v) is 4.26. The first-order valence-electron chi connectivity index (χ1n) is 8.44. The number of likely N-dealkylation sites (tertiary alicyclic amines) is 1. The number of carbonyl (C=O) groups excluding carboxylic acids is 1. The predicted molar refractivity (Wildman–Crippen MR) is 85.8 cm³/mol. The van der Waals surface area contributed by atoms with Crippen molar-refractivity contribution in [1.82, 2.24) is 20.2 Å². The van der Waals surface area contributed by atoms with Gasteiger partial charge >= 0.3 is 12.0 Å². The summed E-state index contributed by atoms with van der Waals surface area (Å²) >= 11 is 0. The van der Waals surface area contributed by atoms with E-state index in [0.29, 0.717) is 38.9 Å². The van der Waals surface area contributed by atoms with Crippen molar-refractivity contribution in [2.45, 2.75) is 38.0 Å². The fourth-order valence-electron chi connectivity index (χ4n) is 2.97. The third kappa shape index (κ3) is 4.33. The van der Waals surface area contributed by atoms with E-state index in [0.717, 1.165) is 12.8 Å². The van der Waals surface area contributed by atoms with Gasteiger partial charge in [-0.1, -0.05) is 0 Å². The van der Waals surface area contributed by atoms with Gasteiger partial charge < -0.3 is 24.4 Å². The van der Waals surface area contributed by atoms with E-state index in [2.05, 4.69) is 15.3 Å². The van der Waals surface area contributed by atoms with Crippen LogP contribution in [0.3, 0.4) is 0 Å². The Labute approximate surface area is 141 Å². The second kappa shape index (κ2) is 8.25. The Kier molecular flexibility index (Phi) is 5.81. The van der Waals surface area contributed by atoms with E-state index in [-0.39, 0.29) is 24.3 Å². The second-order valence-electron chi connectivity index (χ2n) is 5.92. The first-order chi connectivity index (χ1) is 11.8. The maximum atomic E-state index is 12.4. The van der Waals surface area contributed by atoms with E-state index in [1.807, 2.05) is 11.8 Å². The van der Waals surface area contributed by atoms with Crippen molar-refractivity contribution in [3.8, 4) is 6.01 Å². The first kappa shape index (κ1) is 16.9. The number of piperidine rings is 1. The highest BCUT2D eigenvalue weighted by atomic mass is 16.5. The zero-order chi connectivity index (χ0) is 16.8. The summed E-state index contributed by atoms with van der Waals surface area (Å²) in [7, 11) is 0. The van der Waals surface area contributed by atoms with Gasteiger partial charge in [0.15, 0.2) is 0 Å². The Hall–Kier alpha value is -1.93. The first-order valence-corrected chi connectivity index (χ1v) is 8.44. The minimum Gasteiger partial charge on any atom is -0.460 e. The minimum atomic E-state index is -0.0795. The van der Waals surface area contributed by atoms with Crippen LogP contribution >= 0.6 is 0 Å². The molecule has 1 aromatic heterocycles. The van der Waals surface area contributed by atoms with Gasteiger partial charge in [0.2, 0.25) is 0 Å². The van der Waals surface area contributed by atoms with Crippen LogP contribution in [0.2, 0.25) is 0 Å². The van der Waals surface area contributed by atoms with Crippen LogP contribution in [-0.4, -0.2) is 72.1 Å². The summed E-state index contributed by atoms with van der Waals surface area (Å²) in [5.41, 5.74) is 0. The van der Waals surface area contributed by atoms with E-state index in [4.69, 9.17) is 14.2 Å². The molecule has 8 heteroatoms. The van der Waals surface area contributed by atoms with Crippen LogP contribution in [0.4, 0.5) is 4.79 Å². The Morgan fingerprint density at radius 1 is 1.33 bits per heavy atom. The van der Waals surface area contributed by atoms with Crippen molar-refractivity contribution in [1.29, 1.82) is 0 Å². The van der Waals surface area contributed by atoms with Crippen molar-refractivity contribution >= 4 is 6.03 Å². The van der Waals surface area contributed by atoms with Gasteiger partial charge in [0.1, 0.15) is 12.2 Å². The van der Waals surface area contributed by atoms with E-state index in [1.165, 1.54) is 0 Å². The third-order valence-electron chi connectivity index (χ3n) is 4.26. The number of rotatable bonds is 5. The number of hydrogen-bond donors (Lipinski definition) is 1. The number of urea groups is 1. The molecule has 0 aromatic carbocycles. The lowest BCUT2D eigenvalue weighted by Gasteiger charge is -2.32. The molecular formula is C16H24N4O4.